The van der Waals surface area contributed by atoms with Crippen LogP contribution in [-0.2, 0) is 11.3 Å². The Morgan fingerprint density at radius 2 is 2.31 bits per heavy atom. The summed E-state index contributed by atoms with van der Waals surface area (Å²) < 4.78 is 6.99. The lowest BCUT2D eigenvalue weighted by Crippen LogP contribution is -2.09. The molecule has 0 aliphatic carbocycles. The fourth-order valence-electron chi connectivity index (χ4n) is 1.18. The topological polar surface area (TPSA) is 64.3 Å². The summed E-state index contributed by atoms with van der Waals surface area (Å²) in [6.07, 6.45) is 2.69. The normalized spacial score (nSPS) is 10.9. The summed E-state index contributed by atoms with van der Waals surface area (Å²) in [6.45, 7) is 6.19. The predicted molar refractivity (Wildman–Crippen MR) is 59.5 cm³/mol. The molecule has 0 saturated heterocycles. The molecule has 0 spiro atoms. The molecule has 90 valence electrons. The molecule has 0 aliphatic rings. The molecular weight excluding hydrogens is 208 g/mol. The van der Waals surface area contributed by atoms with Gasteiger partial charge < -0.3 is 9.84 Å². The second-order valence-corrected chi connectivity index (χ2v) is 4.06. The number of hydrogen-bond donors (Lipinski definition) is 1. The molecule has 0 amide bonds. The van der Waals surface area contributed by atoms with E-state index in [1.807, 2.05) is 0 Å². The number of carbonyl (C=O) groups is 1. The third kappa shape index (κ3) is 4.44. The van der Waals surface area contributed by atoms with E-state index in [1.54, 1.807) is 10.9 Å². The van der Waals surface area contributed by atoms with Gasteiger partial charge in [-0.25, -0.2) is 4.79 Å². The van der Waals surface area contributed by atoms with E-state index in [-0.39, 0.29) is 5.69 Å². The van der Waals surface area contributed by atoms with Gasteiger partial charge in [0.25, 0.3) is 0 Å². The van der Waals surface area contributed by atoms with Crippen molar-refractivity contribution in [3.05, 3.63) is 18.0 Å². The van der Waals surface area contributed by atoms with E-state index in [2.05, 4.69) is 18.9 Å². The van der Waals surface area contributed by atoms with Crippen molar-refractivity contribution < 1.29 is 14.6 Å². The molecule has 5 nitrogen and oxygen atoms in total. The molecule has 16 heavy (non-hydrogen) atoms. The first kappa shape index (κ1) is 12.7. The van der Waals surface area contributed by atoms with Crippen molar-refractivity contribution in [3.8, 4) is 0 Å². The van der Waals surface area contributed by atoms with E-state index in [0.29, 0.717) is 19.1 Å². The number of carboxylic acids is 1. The van der Waals surface area contributed by atoms with Crippen LogP contribution in [-0.4, -0.2) is 34.1 Å². The zero-order chi connectivity index (χ0) is 12.0. The standard InChI is InChI=1S/C11H18N2O3/c1-9(2)4-7-16-8-6-13-5-3-10(12-13)11(14)15/h3,5,9H,4,6-8H2,1-2H3,(H,14,15). The van der Waals surface area contributed by atoms with Crippen LogP contribution in [0.3, 0.4) is 0 Å². The summed E-state index contributed by atoms with van der Waals surface area (Å²) in [6, 6.07) is 1.48. The lowest BCUT2D eigenvalue weighted by atomic mass is 10.1. The number of rotatable bonds is 7. The van der Waals surface area contributed by atoms with Crippen LogP contribution in [0, 0.1) is 5.92 Å². The molecular formula is C11H18N2O3. The molecule has 1 rings (SSSR count). The number of aromatic nitrogens is 2. The van der Waals surface area contributed by atoms with Crippen molar-refractivity contribution in [2.45, 2.75) is 26.8 Å². The maximum Gasteiger partial charge on any atom is 0.356 e. The molecule has 0 unspecified atom stereocenters. The summed E-state index contributed by atoms with van der Waals surface area (Å²) in [7, 11) is 0. The van der Waals surface area contributed by atoms with Crippen LogP contribution < -0.4 is 0 Å². The number of hydrogen-bond acceptors (Lipinski definition) is 3. The van der Waals surface area contributed by atoms with Crippen LogP contribution in [0.5, 0.6) is 0 Å². The van der Waals surface area contributed by atoms with Gasteiger partial charge in [-0.05, 0) is 18.4 Å². The summed E-state index contributed by atoms with van der Waals surface area (Å²) in [5, 5.41) is 12.5. The minimum atomic E-state index is -1.00. The SMILES string of the molecule is CC(C)CCOCCn1ccc(C(=O)O)n1. The fraction of sp³-hybridized carbons (Fsp3) is 0.636. The zero-order valence-electron chi connectivity index (χ0n) is 9.72. The van der Waals surface area contributed by atoms with Gasteiger partial charge in [-0.15, -0.1) is 0 Å². The van der Waals surface area contributed by atoms with Crippen LogP contribution in [0.15, 0.2) is 12.3 Å². The Balaban J connectivity index is 2.19. The van der Waals surface area contributed by atoms with Gasteiger partial charge in [-0.1, -0.05) is 13.8 Å². The largest absolute Gasteiger partial charge is 0.476 e. The summed E-state index contributed by atoms with van der Waals surface area (Å²) >= 11 is 0. The van der Waals surface area contributed by atoms with Crippen LogP contribution in [0.4, 0.5) is 0 Å². The molecule has 1 aromatic rings. The average molecular weight is 226 g/mol. The van der Waals surface area contributed by atoms with Gasteiger partial charge in [0.15, 0.2) is 5.69 Å². The van der Waals surface area contributed by atoms with Crippen molar-refractivity contribution in [2.75, 3.05) is 13.2 Å². The van der Waals surface area contributed by atoms with Gasteiger partial charge in [0.05, 0.1) is 13.2 Å². The van der Waals surface area contributed by atoms with Gasteiger partial charge in [0.1, 0.15) is 0 Å². The third-order valence-corrected chi connectivity index (χ3v) is 2.16. The van der Waals surface area contributed by atoms with Gasteiger partial charge in [0.2, 0.25) is 0 Å². The van der Waals surface area contributed by atoms with E-state index in [9.17, 15) is 4.79 Å². The van der Waals surface area contributed by atoms with E-state index >= 15 is 0 Å². The first-order valence-corrected chi connectivity index (χ1v) is 5.44. The second-order valence-electron chi connectivity index (χ2n) is 4.06. The van der Waals surface area contributed by atoms with Gasteiger partial charge in [0, 0.05) is 12.8 Å². The van der Waals surface area contributed by atoms with Gasteiger partial charge >= 0.3 is 5.97 Å². The van der Waals surface area contributed by atoms with Crippen LogP contribution in [0.2, 0.25) is 0 Å². The first-order valence-electron chi connectivity index (χ1n) is 5.44. The Morgan fingerprint density at radius 3 is 2.88 bits per heavy atom. The molecule has 1 aromatic heterocycles. The second kappa shape index (κ2) is 6.27. The highest BCUT2D eigenvalue weighted by Gasteiger charge is 2.05. The number of carboxylic acid groups (broad SMARTS) is 1. The monoisotopic (exact) mass is 226 g/mol. The highest BCUT2D eigenvalue weighted by Crippen LogP contribution is 1.99. The molecule has 0 saturated carbocycles. The van der Waals surface area contributed by atoms with E-state index < -0.39 is 5.97 Å². The highest BCUT2D eigenvalue weighted by atomic mass is 16.5. The van der Waals surface area contributed by atoms with Crippen LogP contribution >= 0.6 is 0 Å². The third-order valence-electron chi connectivity index (χ3n) is 2.16. The Hall–Kier alpha value is -1.36. The van der Waals surface area contributed by atoms with E-state index in [0.717, 1.165) is 13.0 Å². The number of ether oxygens (including phenoxy) is 1. The van der Waals surface area contributed by atoms with Crippen molar-refractivity contribution in [2.24, 2.45) is 5.92 Å². The molecule has 5 heteroatoms. The van der Waals surface area contributed by atoms with Crippen molar-refractivity contribution in [3.63, 3.8) is 0 Å². The quantitative estimate of drug-likeness (QED) is 0.718. The minimum Gasteiger partial charge on any atom is -0.476 e. The molecule has 0 bridgehead atoms. The Labute approximate surface area is 95.0 Å². The Kier molecular flexibility index (Phi) is 4.98. The molecule has 0 aromatic carbocycles. The zero-order valence-corrected chi connectivity index (χ0v) is 9.72. The van der Waals surface area contributed by atoms with Crippen LogP contribution in [0.25, 0.3) is 0 Å². The number of aromatic carboxylic acids is 1. The summed E-state index contributed by atoms with van der Waals surface area (Å²) in [5.41, 5.74) is 0.0715. The Bertz CT molecular complexity index is 334. The number of nitrogens with zero attached hydrogens (tertiary/aromatic N) is 2. The van der Waals surface area contributed by atoms with Gasteiger partial charge in [-0.3, -0.25) is 4.68 Å². The minimum absolute atomic E-state index is 0.0715. The lowest BCUT2D eigenvalue weighted by Gasteiger charge is -2.06. The van der Waals surface area contributed by atoms with E-state index in [1.165, 1.54) is 6.07 Å². The summed E-state index contributed by atoms with van der Waals surface area (Å²) in [5.74, 6) is -0.359. The average Bonchev–Trinajstić information content (AvgIpc) is 2.65. The predicted octanol–water partition coefficient (Wildman–Crippen LogP) is 1.64. The van der Waals surface area contributed by atoms with Crippen molar-refractivity contribution >= 4 is 5.97 Å². The van der Waals surface area contributed by atoms with Crippen LogP contribution in [0.1, 0.15) is 30.8 Å². The smallest absolute Gasteiger partial charge is 0.356 e. The molecule has 0 radical (unpaired) electrons. The van der Waals surface area contributed by atoms with Crippen molar-refractivity contribution in [1.29, 1.82) is 0 Å². The maximum atomic E-state index is 10.6. The maximum absolute atomic E-state index is 10.6. The van der Waals surface area contributed by atoms with E-state index in [4.69, 9.17) is 9.84 Å². The molecule has 0 fully saturated rings. The lowest BCUT2D eigenvalue weighted by molar-refractivity contribution is 0.0688. The highest BCUT2D eigenvalue weighted by molar-refractivity contribution is 5.84. The first-order chi connectivity index (χ1) is 7.59. The Morgan fingerprint density at radius 1 is 1.56 bits per heavy atom. The molecule has 1 N–H and O–H groups in total. The molecule has 0 aliphatic heterocycles. The van der Waals surface area contributed by atoms with Gasteiger partial charge in [-0.2, -0.15) is 5.10 Å². The van der Waals surface area contributed by atoms with Crippen molar-refractivity contribution in [1.82, 2.24) is 9.78 Å². The summed E-state index contributed by atoms with van der Waals surface area (Å²) in [4.78, 5) is 10.6. The molecule has 1 heterocycles. The molecule has 0 atom stereocenters. The fourth-order valence-corrected chi connectivity index (χ4v) is 1.18.